The number of aryl methyl sites for hydroxylation is 1. The van der Waals surface area contributed by atoms with Gasteiger partial charge >= 0.3 is 0 Å². The number of ether oxygens (including phenoxy) is 1. The maximum Gasteiger partial charge on any atom is 0.261 e. The number of unbranched alkanes of at least 4 members (excludes halogenated alkanes) is 1. The molecule has 0 saturated carbocycles. The fourth-order valence-corrected chi connectivity index (χ4v) is 3.29. The molecule has 7 heteroatoms. The van der Waals surface area contributed by atoms with Crippen LogP contribution >= 0.6 is 0 Å². The van der Waals surface area contributed by atoms with E-state index in [1.807, 2.05) is 19.9 Å². The first-order chi connectivity index (χ1) is 12.4. The van der Waals surface area contributed by atoms with E-state index in [0.29, 0.717) is 18.0 Å². The third kappa shape index (κ3) is 6.07. The van der Waals surface area contributed by atoms with Crippen LogP contribution < -0.4 is 14.8 Å². The Hall–Kier alpha value is -2.54. The molecule has 0 heterocycles. The number of benzene rings is 2. The smallest absolute Gasteiger partial charge is 0.261 e. The number of hydrogen-bond acceptors (Lipinski definition) is 4. The van der Waals surface area contributed by atoms with Gasteiger partial charge in [-0.1, -0.05) is 25.5 Å². The minimum absolute atomic E-state index is 0.0998. The van der Waals surface area contributed by atoms with E-state index in [0.717, 1.165) is 18.4 Å². The quantitative estimate of drug-likeness (QED) is 0.659. The molecule has 0 atom stereocenters. The van der Waals surface area contributed by atoms with Gasteiger partial charge < -0.3 is 10.1 Å². The number of carbonyl (C=O) groups is 1. The predicted molar refractivity (Wildman–Crippen MR) is 102 cm³/mol. The Morgan fingerprint density at radius 3 is 2.50 bits per heavy atom. The molecule has 140 valence electrons. The summed E-state index contributed by atoms with van der Waals surface area (Å²) in [4.78, 5) is 11.7. The zero-order valence-corrected chi connectivity index (χ0v) is 15.8. The summed E-state index contributed by atoms with van der Waals surface area (Å²) in [7, 11) is -3.68. The van der Waals surface area contributed by atoms with Crippen molar-refractivity contribution in [3.05, 3.63) is 54.1 Å². The van der Waals surface area contributed by atoms with Gasteiger partial charge in [0.25, 0.3) is 15.9 Å². The van der Waals surface area contributed by atoms with Crippen LogP contribution in [0.1, 0.15) is 25.3 Å². The first kappa shape index (κ1) is 19.8. The van der Waals surface area contributed by atoms with E-state index >= 15 is 0 Å². The molecule has 2 aromatic carbocycles. The Bertz CT molecular complexity index is 833. The van der Waals surface area contributed by atoms with E-state index in [1.165, 1.54) is 24.3 Å². The standard InChI is InChI=1S/C19H24N2O4S/c1-3-4-12-20-19(22)14-25-17-8-10-18(11-9-17)26(23,24)21-16-7-5-6-15(2)13-16/h5-11,13,21H,3-4,12,14H2,1-2H3,(H,20,22). The van der Waals surface area contributed by atoms with Gasteiger partial charge in [-0.2, -0.15) is 0 Å². The topological polar surface area (TPSA) is 84.5 Å². The van der Waals surface area contributed by atoms with Crippen LogP contribution in [-0.4, -0.2) is 27.5 Å². The molecule has 0 aliphatic heterocycles. The third-order valence-electron chi connectivity index (χ3n) is 3.63. The monoisotopic (exact) mass is 376 g/mol. The molecule has 0 unspecified atom stereocenters. The summed E-state index contributed by atoms with van der Waals surface area (Å²) in [6.45, 7) is 4.46. The van der Waals surface area contributed by atoms with E-state index in [4.69, 9.17) is 4.74 Å². The highest BCUT2D eigenvalue weighted by Crippen LogP contribution is 2.19. The number of sulfonamides is 1. The average Bonchev–Trinajstić information content (AvgIpc) is 2.60. The van der Waals surface area contributed by atoms with Gasteiger partial charge in [-0.05, 0) is 55.3 Å². The van der Waals surface area contributed by atoms with Crippen LogP contribution in [-0.2, 0) is 14.8 Å². The molecule has 0 aromatic heterocycles. The van der Waals surface area contributed by atoms with Crippen molar-refractivity contribution in [2.75, 3.05) is 17.9 Å². The molecule has 0 spiro atoms. The third-order valence-corrected chi connectivity index (χ3v) is 5.02. The van der Waals surface area contributed by atoms with Gasteiger partial charge in [0.05, 0.1) is 4.90 Å². The van der Waals surface area contributed by atoms with E-state index < -0.39 is 10.0 Å². The van der Waals surface area contributed by atoms with Gasteiger partial charge in [-0.25, -0.2) is 8.42 Å². The lowest BCUT2D eigenvalue weighted by Crippen LogP contribution is -2.29. The Labute approximate surface area is 154 Å². The Morgan fingerprint density at radius 2 is 1.85 bits per heavy atom. The highest BCUT2D eigenvalue weighted by atomic mass is 32.2. The van der Waals surface area contributed by atoms with Crippen LogP contribution in [0.5, 0.6) is 5.75 Å². The number of nitrogens with one attached hydrogen (secondary N) is 2. The van der Waals surface area contributed by atoms with Crippen molar-refractivity contribution in [1.82, 2.24) is 5.32 Å². The summed E-state index contributed by atoms with van der Waals surface area (Å²) in [5.41, 5.74) is 1.47. The second kappa shape index (κ2) is 9.24. The highest BCUT2D eigenvalue weighted by Gasteiger charge is 2.14. The summed E-state index contributed by atoms with van der Waals surface area (Å²) in [5.74, 6) is 0.237. The van der Waals surface area contributed by atoms with E-state index in [9.17, 15) is 13.2 Å². The molecule has 26 heavy (non-hydrogen) atoms. The second-order valence-electron chi connectivity index (χ2n) is 5.94. The van der Waals surface area contributed by atoms with E-state index in [1.54, 1.807) is 18.2 Å². The molecule has 0 saturated heterocycles. The van der Waals surface area contributed by atoms with Crippen LogP contribution in [0.2, 0.25) is 0 Å². The normalized spacial score (nSPS) is 11.0. The zero-order valence-electron chi connectivity index (χ0n) is 15.0. The first-order valence-electron chi connectivity index (χ1n) is 8.50. The molecule has 6 nitrogen and oxygen atoms in total. The van der Waals surface area contributed by atoms with E-state index in [2.05, 4.69) is 10.0 Å². The maximum absolute atomic E-state index is 12.4. The number of rotatable bonds is 9. The van der Waals surface area contributed by atoms with Crippen LogP contribution in [0.3, 0.4) is 0 Å². The van der Waals surface area contributed by atoms with Crippen LogP contribution in [0.15, 0.2) is 53.4 Å². The maximum atomic E-state index is 12.4. The van der Waals surface area contributed by atoms with Crippen molar-refractivity contribution in [3.8, 4) is 5.75 Å². The van der Waals surface area contributed by atoms with Gasteiger partial charge in [-0.3, -0.25) is 9.52 Å². The Balaban J connectivity index is 1.94. The second-order valence-corrected chi connectivity index (χ2v) is 7.62. The molecule has 0 radical (unpaired) electrons. The average molecular weight is 376 g/mol. The molecule has 2 rings (SSSR count). The zero-order chi connectivity index (χ0) is 19.0. The van der Waals surface area contributed by atoms with E-state index in [-0.39, 0.29) is 17.4 Å². The molecule has 0 fully saturated rings. The number of amides is 1. The summed E-state index contributed by atoms with van der Waals surface area (Å²) < 4.78 is 32.8. The van der Waals surface area contributed by atoms with Gasteiger partial charge in [0.1, 0.15) is 5.75 Å². The lowest BCUT2D eigenvalue weighted by Gasteiger charge is -2.10. The van der Waals surface area contributed by atoms with Crippen molar-refractivity contribution in [3.63, 3.8) is 0 Å². The Morgan fingerprint density at radius 1 is 1.12 bits per heavy atom. The van der Waals surface area contributed by atoms with Gasteiger partial charge in [0, 0.05) is 12.2 Å². The molecular formula is C19H24N2O4S. The lowest BCUT2D eigenvalue weighted by atomic mass is 10.2. The van der Waals surface area contributed by atoms with Crippen LogP contribution in [0, 0.1) is 6.92 Å². The van der Waals surface area contributed by atoms with Gasteiger partial charge in [0.2, 0.25) is 0 Å². The fourth-order valence-electron chi connectivity index (χ4n) is 2.24. The summed E-state index contributed by atoms with van der Waals surface area (Å²) in [6, 6.07) is 13.1. The van der Waals surface area contributed by atoms with Crippen molar-refractivity contribution in [1.29, 1.82) is 0 Å². The molecular weight excluding hydrogens is 352 g/mol. The summed E-state index contributed by atoms with van der Waals surface area (Å²) in [6.07, 6.45) is 1.93. The molecule has 0 aliphatic rings. The first-order valence-corrected chi connectivity index (χ1v) is 9.98. The van der Waals surface area contributed by atoms with Crippen LogP contribution in [0.4, 0.5) is 5.69 Å². The molecule has 2 aromatic rings. The number of hydrogen-bond donors (Lipinski definition) is 2. The molecule has 1 amide bonds. The van der Waals surface area contributed by atoms with Crippen molar-refractivity contribution < 1.29 is 17.9 Å². The van der Waals surface area contributed by atoms with Crippen molar-refractivity contribution in [2.24, 2.45) is 0 Å². The molecule has 0 aliphatic carbocycles. The van der Waals surface area contributed by atoms with Crippen LogP contribution in [0.25, 0.3) is 0 Å². The summed E-state index contributed by atoms with van der Waals surface area (Å²) in [5, 5.41) is 2.75. The lowest BCUT2D eigenvalue weighted by molar-refractivity contribution is -0.123. The fraction of sp³-hybridized carbons (Fsp3) is 0.316. The predicted octanol–water partition coefficient (Wildman–Crippen LogP) is 3.09. The minimum atomic E-state index is -3.68. The minimum Gasteiger partial charge on any atom is -0.484 e. The largest absolute Gasteiger partial charge is 0.484 e. The molecule has 2 N–H and O–H groups in total. The van der Waals surface area contributed by atoms with Gasteiger partial charge in [-0.15, -0.1) is 0 Å². The van der Waals surface area contributed by atoms with Gasteiger partial charge in [0.15, 0.2) is 6.61 Å². The number of carbonyl (C=O) groups excluding carboxylic acids is 1. The van der Waals surface area contributed by atoms with Crippen molar-refractivity contribution in [2.45, 2.75) is 31.6 Å². The van der Waals surface area contributed by atoms with Crippen molar-refractivity contribution >= 4 is 21.6 Å². The number of anilines is 1. The summed E-state index contributed by atoms with van der Waals surface area (Å²) >= 11 is 0. The highest BCUT2D eigenvalue weighted by molar-refractivity contribution is 7.92. The SMILES string of the molecule is CCCCNC(=O)COc1ccc(S(=O)(=O)Nc2cccc(C)c2)cc1. The Kier molecular flexibility index (Phi) is 7.03. The molecule has 0 bridgehead atoms.